The van der Waals surface area contributed by atoms with Gasteiger partial charge in [-0.3, -0.25) is 14.8 Å². The number of pyridine rings is 1. The fraction of sp³-hybridized carbons (Fsp3) is 0.562. The van der Waals surface area contributed by atoms with Crippen LogP contribution < -0.4 is 16.6 Å². The fourth-order valence-corrected chi connectivity index (χ4v) is 4.72. The van der Waals surface area contributed by atoms with Crippen LogP contribution in [0.15, 0.2) is 26.7 Å². The molecule has 9 nitrogen and oxygen atoms in total. The van der Waals surface area contributed by atoms with Crippen LogP contribution in [0.2, 0.25) is 0 Å². The Bertz CT molecular complexity index is 1030. The summed E-state index contributed by atoms with van der Waals surface area (Å²) in [6.45, 7) is 1.89. The van der Waals surface area contributed by atoms with Gasteiger partial charge in [-0.15, -0.1) is 0 Å². The van der Waals surface area contributed by atoms with Gasteiger partial charge in [0.25, 0.3) is 5.56 Å². The molecule has 26 heavy (non-hydrogen) atoms. The van der Waals surface area contributed by atoms with E-state index < -0.39 is 21.3 Å². The molecule has 0 radical (unpaired) electrons. The van der Waals surface area contributed by atoms with Gasteiger partial charge in [0.1, 0.15) is 10.5 Å². The Morgan fingerprint density at radius 1 is 1.15 bits per heavy atom. The molecule has 2 aliphatic rings. The summed E-state index contributed by atoms with van der Waals surface area (Å²) >= 11 is 0. The van der Waals surface area contributed by atoms with Crippen LogP contribution in [-0.4, -0.2) is 53.4 Å². The highest BCUT2D eigenvalue weighted by Gasteiger charge is 2.31. The molecule has 2 fully saturated rings. The second-order valence-corrected chi connectivity index (χ2v) is 8.94. The molecule has 1 saturated carbocycles. The number of nitrogens with one attached hydrogen (secondary N) is 3. The van der Waals surface area contributed by atoms with E-state index in [1.807, 2.05) is 0 Å². The molecule has 0 spiro atoms. The molecule has 10 heteroatoms. The second-order valence-electron chi connectivity index (χ2n) is 7.01. The molecule has 4 rings (SSSR count). The molecule has 0 unspecified atom stereocenters. The second kappa shape index (κ2) is 6.60. The zero-order valence-electron chi connectivity index (χ0n) is 14.2. The highest BCUT2D eigenvalue weighted by Crippen LogP contribution is 2.28. The lowest BCUT2D eigenvalue weighted by Gasteiger charge is -2.31. The molecule has 0 aromatic carbocycles. The van der Waals surface area contributed by atoms with Gasteiger partial charge in [-0.05, 0) is 44.2 Å². The van der Waals surface area contributed by atoms with Gasteiger partial charge in [0, 0.05) is 25.3 Å². The van der Waals surface area contributed by atoms with Gasteiger partial charge < -0.3 is 5.32 Å². The van der Waals surface area contributed by atoms with Gasteiger partial charge in [-0.25, -0.2) is 18.2 Å². The smallest absolute Gasteiger partial charge is 0.314 e. The van der Waals surface area contributed by atoms with E-state index in [-0.39, 0.29) is 15.9 Å². The molecule has 0 amide bonds. The lowest BCUT2D eigenvalue weighted by molar-refractivity contribution is 0.288. The third-order valence-electron chi connectivity index (χ3n) is 5.05. The summed E-state index contributed by atoms with van der Waals surface area (Å²) in [5.74, 6) is 0.796. The maximum absolute atomic E-state index is 12.9. The summed E-state index contributed by atoms with van der Waals surface area (Å²) in [6, 6.07) is 1.62. The van der Waals surface area contributed by atoms with Crippen LogP contribution in [0.1, 0.15) is 25.7 Å². The number of aromatic nitrogens is 3. The van der Waals surface area contributed by atoms with Crippen molar-refractivity contribution in [3.63, 3.8) is 0 Å². The Labute approximate surface area is 149 Å². The van der Waals surface area contributed by atoms with Crippen molar-refractivity contribution in [2.45, 2.75) is 36.6 Å². The van der Waals surface area contributed by atoms with E-state index >= 15 is 0 Å². The summed E-state index contributed by atoms with van der Waals surface area (Å²) in [4.78, 5) is 31.5. The molecule has 3 N–H and O–H groups in total. The molecule has 140 valence electrons. The van der Waals surface area contributed by atoms with E-state index in [1.54, 1.807) is 0 Å². The standard InChI is InChI=1S/C16H21N5O4S/c22-15-13-7-12(9-18-14(13)19-16(23)20-15)26(24,25)21-5-3-11(4-6-21)17-8-10-1-2-10/h7,9-11,17H,1-6,8H2,(H2,18,19,20,22,23). The number of hydrogen-bond donors (Lipinski definition) is 3. The topological polar surface area (TPSA) is 128 Å². The number of sulfonamides is 1. The average Bonchev–Trinajstić information content (AvgIpc) is 3.44. The van der Waals surface area contributed by atoms with E-state index in [0.717, 1.165) is 25.3 Å². The molecule has 2 aromatic heterocycles. The molecule has 0 bridgehead atoms. The van der Waals surface area contributed by atoms with Crippen molar-refractivity contribution in [1.29, 1.82) is 0 Å². The third-order valence-corrected chi connectivity index (χ3v) is 6.91. The quantitative estimate of drug-likeness (QED) is 0.658. The third kappa shape index (κ3) is 3.44. The predicted molar refractivity (Wildman–Crippen MR) is 95.5 cm³/mol. The number of rotatable bonds is 5. The molecule has 1 saturated heterocycles. The number of aromatic amines is 2. The van der Waals surface area contributed by atoms with Gasteiger partial charge in [0.2, 0.25) is 10.0 Å². The Balaban J connectivity index is 1.52. The van der Waals surface area contributed by atoms with E-state index in [9.17, 15) is 18.0 Å². The average molecular weight is 379 g/mol. The van der Waals surface area contributed by atoms with Crippen molar-refractivity contribution in [1.82, 2.24) is 24.6 Å². The molecule has 1 aliphatic heterocycles. The summed E-state index contributed by atoms with van der Waals surface area (Å²) in [6.07, 6.45) is 5.30. The van der Waals surface area contributed by atoms with Crippen LogP contribution >= 0.6 is 0 Å². The lowest BCUT2D eigenvalue weighted by Crippen LogP contribution is -2.45. The largest absolute Gasteiger partial charge is 0.327 e. The van der Waals surface area contributed by atoms with Gasteiger partial charge in [-0.2, -0.15) is 4.31 Å². The van der Waals surface area contributed by atoms with Crippen LogP contribution in [0.25, 0.3) is 11.0 Å². The van der Waals surface area contributed by atoms with Crippen LogP contribution in [0.4, 0.5) is 0 Å². The van der Waals surface area contributed by atoms with Crippen molar-refractivity contribution in [3.8, 4) is 0 Å². The van der Waals surface area contributed by atoms with Crippen molar-refractivity contribution < 1.29 is 8.42 Å². The highest BCUT2D eigenvalue weighted by molar-refractivity contribution is 7.89. The van der Waals surface area contributed by atoms with Crippen molar-refractivity contribution in [2.24, 2.45) is 5.92 Å². The minimum atomic E-state index is -3.72. The number of nitrogens with zero attached hydrogens (tertiary/aromatic N) is 2. The lowest BCUT2D eigenvalue weighted by atomic mass is 10.1. The first-order chi connectivity index (χ1) is 12.4. The van der Waals surface area contributed by atoms with Crippen molar-refractivity contribution in [3.05, 3.63) is 33.1 Å². The monoisotopic (exact) mass is 379 g/mol. The Morgan fingerprint density at radius 3 is 2.58 bits per heavy atom. The van der Waals surface area contributed by atoms with Crippen molar-refractivity contribution >= 4 is 21.1 Å². The predicted octanol–water partition coefficient (Wildman–Crippen LogP) is -0.236. The molecule has 3 heterocycles. The Hall–Kier alpha value is -2.04. The zero-order chi connectivity index (χ0) is 18.3. The summed E-state index contributed by atoms with van der Waals surface area (Å²) in [5.41, 5.74) is -1.26. The van der Waals surface area contributed by atoms with Gasteiger partial charge in [0.05, 0.1) is 5.39 Å². The normalized spacial score (nSPS) is 19.8. The summed E-state index contributed by atoms with van der Waals surface area (Å²) < 4.78 is 27.2. The fourth-order valence-electron chi connectivity index (χ4n) is 3.27. The molecule has 2 aromatic rings. The van der Waals surface area contributed by atoms with Crippen molar-refractivity contribution in [2.75, 3.05) is 19.6 Å². The maximum atomic E-state index is 12.9. The Morgan fingerprint density at radius 2 is 1.88 bits per heavy atom. The first-order valence-corrected chi connectivity index (χ1v) is 10.2. The summed E-state index contributed by atoms with van der Waals surface area (Å²) in [7, 11) is -3.72. The van der Waals surface area contributed by atoms with Gasteiger partial charge in [-0.1, -0.05) is 0 Å². The van der Waals surface area contributed by atoms with Gasteiger partial charge >= 0.3 is 5.69 Å². The highest BCUT2D eigenvalue weighted by atomic mass is 32.2. The van der Waals surface area contributed by atoms with Crippen LogP contribution in [0, 0.1) is 5.92 Å². The number of H-pyrrole nitrogens is 2. The number of piperidine rings is 1. The van der Waals surface area contributed by atoms with Crippen LogP contribution in [0.5, 0.6) is 0 Å². The van der Waals surface area contributed by atoms with E-state index in [1.165, 1.54) is 29.4 Å². The molecular weight excluding hydrogens is 358 g/mol. The minimum Gasteiger partial charge on any atom is -0.314 e. The SMILES string of the molecule is O=c1[nH]c(=O)c2cc(S(=O)(=O)N3CCC(NCC4CC4)CC3)cnc2[nH]1. The Kier molecular flexibility index (Phi) is 4.41. The number of hydrogen-bond acceptors (Lipinski definition) is 6. The number of fused-ring (bicyclic) bond motifs is 1. The van der Waals surface area contributed by atoms with E-state index in [0.29, 0.717) is 19.1 Å². The first kappa shape index (κ1) is 17.4. The van der Waals surface area contributed by atoms with E-state index in [4.69, 9.17) is 0 Å². The van der Waals surface area contributed by atoms with Crippen LogP contribution in [0.3, 0.4) is 0 Å². The molecule has 1 aliphatic carbocycles. The van der Waals surface area contributed by atoms with Gasteiger partial charge in [0.15, 0.2) is 0 Å². The minimum absolute atomic E-state index is 0.0352. The summed E-state index contributed by atoms with van der Waals surface area (Å²) in [5, 5.41) is 3.57. The van der Waals surface area contributed by atoms with Crippen LogP contribution in [-0.2, 0) is 10.0 Å². The van der Waals surface area contributed by atoms with E-state index in [2.05, 4.69) is 20.3 Å². The molecular formula is C16H21N5O4S. The first-order valence-electron chi connectivity index (χ1n) is 8.79. The maximum Gasteiger partial charge on any atom is 0.327 e. The molecule has 0 atom stereocenters. The zero-order valence-corrected chi connectivity index (χ0v) is 15.0.